The van der Waals surface area contributed by atoms with Gasteiger partial charge in [0.1, 0.15) is 0 Å². The zero-order chi connectivity index (χ0) is 4.22. The molecule has 0 nitrogen and oxygen atoms in total. The molecule has 4 atom stereocenters. The summed E-state index contributed by atoms with van der Waals surface area (Å²) >= 11 is 0. The first-order valence-electron chi connectivity index (χ1n) is 3.47. The molecule has 0 heterocycles. The van der Waals surface area contributed by atoms with Crippen LogP contribution in [-0.2, 0) is 0 Å². The SMILES string of the molecule is C1CC2C3C4C1C243. The second-order valence-corrected chi connectivity index (χ2v) is 3.84. The number of hydrogen-bond donors (Lipinski definition) is 0. The predicted molar refractivity (Wildman–Crippen MR) is 25.6 cm³/mol. The molecule has 0 heteroatoms. The van der Waals surface area contributed by atoms with Crippen molar-refractivity contribution in [3.63, 3.8) is 0 Å². The Morgan fingerprint density at radius 2 is 1.57 bits per heavy atom. The molecule has 1 spiro atoms. The highest BCUT2D eigenvalue weighted by Gasteiger charge is 3.04. The number of rotatable bonds is 0. The first kappa shape index (κ1) is 2.52. The molecule has 0 N–H and O–H groups in total. The Hall–Kier alpha value is 0. The molecule has 4 aliphatic carbocycles. The summed E-state index contributed by atoms with van der Waals surface area (Å²) in [4.78, 5) is 0. The lowest BCUT2D eigenvalue weighted by Gasteiger charge is -2.04. The summed E-state index contributed by atoms with van der Waals surface area (Å²) in [6.07, 6.45) is 3.23. The van der Waals surface area contributed by atoms with Gasteiger partial charge in [-0.1, -0.05) is 0 Å². The van der Waals surface area contributed by atoms with E-state index in [-0.39, 0.29) is 0 Å². The Morgan fingerprint density at radius 3 is 1.71 bits per heavy atom. The van der Waals surface area contributed by atoms with E-state index < -0.39 is 0 Å². The minimum atomic E-state index is 1.11. The van der Waals surface area contributed by atoms with Crippen molar-refractivity contribution in [1.29, 1.82) is 0 Å². The molecule has 0 amide bonds. The van der Waals surface area contributed by atoms with E-state index in [9.17, 15) is 0 Å². The van der Waals surface area contributed by atoms with Crippen LogP contribution in [0.4, 0.5) is 0 Å². The number of hydrogen-bond acceptors (Lipinski definition) is 0. The van der Waals surface area contributed by atoms with Gasteiger partial charge in [-0.05, 0) is 41.9 Å². The molecule has 4 fully saturated rings. The van der Waals surface area contributed by atoms with Crippen LogP contribution in [0.25, 0.3) is 0 Å². The van der Waals surface area contributed by atoms with E-state index in [0.29, 0.717) is 0 Å². The normalized spacial score (nSPS) is 96.0. The molecule has 0 aromatic rings. The Bertz CT molecular complexity index is 151. The standard InChI is InChI=1S/C7H8/c1-2-4-6-5-3(1)7(4,5)6/h3-6H,1-2H2. The second-order valence-electron chi connectivity index (χ2n) is 3.84. The first-order chi connectivity index (χ1) is 3.47. The van der Waals surface area contributed by atoms with Gasteiger partial charge in [-0.2, -0.15) is 0 Å². The molecule has 0 aromatic carbocycles. The smallest absolute Gasteiger partial charge is 0.0167 e. The van der Waals surface area contributed by atoms with Gasteiger partial charge in [0, 0.05) is 0 Å². The van der Waals surface area contributed by atoms with Crippen molar-refractivity contribution in [3.05, 3.63) is 0 Å². The zero-order valence-corrected chi connectivity index (χ0v) is 4.22. The van der Waals surface area contributed by atoms with Gasteiger partial charge in [0.2, 0.25) is 0 Å². The second kappa shape index (κ2) is 0.375. The summed E-state index contributed by atoms with van der Waals surface area (Å²) in [5.41, 5.74) is 1.11. The largest absolute Gasteiger partial charge is 0.0493 e. The first-order valence-corrected chi connectivity index (χ1v) is 3.47. The lowest BCUT2D eigenvalue weighted by Crippen LogP contribution is -1.95. The summed E-state index contributed by atoms with van der Waals surface area (Å²) in [5, 5.41) is 0. The van der Waals surface area contributed by atoms with Gasteiger partial charge in [-0.3, -0.25) is 0 Å². The van der Waals surface area contributed by atoms with E-state index in [1.54, 1.807) is 12.8 Å². The van der Waals surface area contributed by atoms with E-state index >= 15 is 0 Å². The van der Waals surface area contributed by atoms with Crippen LogP contribution in [0.2, 0.25) is 0 Å². The Labute approximate surface area is 42.9 Å². The van der Waals surface area contributed by atoms with Gasteiger partial charge in [0.05, 0.1) is 0 Å². The van der Waals surface area contributed by atoms with Gasteiger partial charge < -0.3 is 0 Å². The van der Waals surface area contributed by atoms with Crippen LogP contribution < -0.4 is 0 Å². The van der Waals surface area contributed by atoms with Crippen LogP contribution in [0.15, 0.2) is 0 Å². The molecular formula is C7H8. The highest BCUT2D eigenvalue weighted by molar-refractivity contribution is 5.51. The van der Waals surface area contributed by atoms with Gasteiger partial charge in [0.25, 0.3) is 0 Å². The molecule has 4 rings (SSSR count). The third-order valence-electron chi connectivity index (χ3n) is 4.15. The summed E-state index contributed by atoms with van der Waals surface area (Å²) in [5.74, 6) is 5.24. The molecule has 0 saturated heterocycles. The third-order valence-corrected chi connectivity index (χ3v) is 4.15. The molecule has 4 unspecified atom stereocenters. The van der Waals surface area contributed by atoms with Gasteiger partial charge in [-0.25, -0.2) is 0 Å². The van der Waals surface area contributed by atoms with E-state index in [0.717, 1.165) is 5.41 Å². The maximum Gasteiger partial charge on any atom is -0.0167 e. The van der Waals surface area contributed by atoms with Crippen LogP contribution in [0, 0.1) is 29.1 Å². The van der Waals surface area contributed by atoms with E-state index in [1.807, 2.05) is 0 Å². The zero-order valence-electron chi connectivity index (χ0n) is 4.22. The molecule has 0 bridgehead atoms. The lowest BCUT2D eigenvalue weighted by atomic mass is 10.0. The van der Waals surface area contributed by atoms with Crippen LogP contribution in [0.5, 0.6) is 0 Å². The van der Waals surface area contributed by atoms with Crippen LogP contribution in [-0.4, -0.2) is 0 Å². The highest BCUT2D eigenvalue weighted by atomic mass is 15.1. The Kier molecular flexibility index (Phi) is 0.135. The maximum atomic E-state index is 1.62. The summed E-state index contributed by atoms with van der Waals surface area (Å²) in [7, 11) is 0. The van der Waals surface area contributed by atoms with Crippen molar-refractivity contribution in [2.45, 2.75) is 12.8 Å². The lowest BCUT2D eigenvalue weighted by molar-refractivity contribution is 0.456. The van der Waals surface area contributed by atoms with Crippen LogP contribution in [0.1, 0.15) is 12.8 Å². The highest BCUT2D eigenvalue weighted by Crippen LogP contribution is 3.08. The minimum absolute atomic E-state index is 1.11. The summed E-state index contributed by atoms with van der Waals surface area (Å²) < 4.78 is 0. The van der Waals surface area contributed by atoms with Crippen molar-refractivity contribution in [2.75, 3.05) is 0 Å². The summed E-state index contributed by atoms with van der Waals surface area (Å²) in [6.45, 7) is 0. The molecule has 4 saturated carbocycles. The van der Waals surface area contributed by atoms with Crippen molar-refractivity contribution < 1.29 is 0 Å². The van der Waals surface area contributed by atoms with Crippen molar-refractivity contribution >= 4 is 0 Å². The van der Waals surface area contributed by atoms with E-state index in [1.165, 1.54) is 23.7 Å². The molecule has 7 heavy (non-hydrogen) atoms. The van der Waals surface area contributed by atoms with Crippen molar-refractivity contribution in [1.82, 2.24) is 0 Å². The van der Waals surface area contributed by atoms with E-state index in [4.69, 9.17) is 0 Å². The van der Waals surface area contributed by atoms with Gasteiger partial charge in [0.15, 0.2) is 0 Å². The average molecular weight is 92.1 g/mol. The fourth-order valence-electron chi connectivity index (χ4n) is 3.81. The van der Waals surface area contributed by atoms with Crippen LogP contribution >= 0.6 is 0 Å². The minimum Gasteiger partial charge on any atom is -0.0493 e. The van der Waals surface area contributed by atoms with E-state index in [2.05, 4.69) is 0 Å². The third kappa shape index (κ3) is 0.0784. The summed E-state index contributed by atoms with van der Waals surface area (Å²) in [6, 6.07) is 0. The van der Waals surface area contributed by atoms with Gasteiger partial charge in [-0.15, -0.1) is 0 Å². The predicted octanol–water partition coefficient (Wildman–Crippen LogP) is 1.27. The molecule has 36 valence electrons. The molecule has 0 aliphatic heterocycles. The fraction of sp³-hybridized carbons (Fsp3) is 1.00. The van der Waals surface area contributed by atoms with Crippen LogP contribution in [0.3, 0.4) is 0 Å². The molecule has 0 aromatic heterocycles. The van der Waals surface area contributed by atoms with Crippen molar-refractivity contribution in [2.24, 2.45) is 29.1 Å². The average Bonchev–Trinajstić information content (AvgIpc) is 2.54. The molecule has 0 radical (unpaired) electrons. The molecular weight excluding hydrogens is 84.1 g/mol. The number of fused-ring (bicyclic) bond motifs is 3. The molecule has 4 aliphatic rings. The van der Waals surface area contributed by atoms with Crippen molar-refractivity contribution in [3.8, 4) is 0 Å². The van der Waals surface area contributed by atoms with Gasteiger partial charge >= 0.3 is 0 Å². The topological polar surface area (TPSA) is 0 Å². The quantitative estimate of drug-likeness (QED) is 0.422. The fourth-order valence-corrected chi connectivity index (χ4v) is 3.81. The maximum absolute atomic E-state index is 1.62. The monoisotopic (exact) mass is 92.1 g/mol. The Morgan fingerprint density at radius 1 is 1.00 bits per heavy atom. The Balaban J connectivity index is 2.12.